The number of halogens is 1. The second-order valence-corrected chi connectivity index (χ2v) is 8.08. The Kier molecular flexibility index (Phi) is 3.73. The summed E-state index contributed by atoms with van der Waals surface area (Å²) >= 11 is 5.78. The molecule has 0 atom stereocenters. The smallest absolute Gasteiger partial charge is 0.263 e. The van der Waals surface area contributed by atoms with Gasteiger partial charge in [-0.05, 0) is 61.6 Å². The molecule has 0 spiro atoms. The standard InChI is InChI=1S/C17H16ClN3O2S/c18-11-5-8-17(19-10-11)21-24(22,23)12-6-7-16-14(9-12)13-3-1-2-4-15(13)20-16/h5-10,20H,1-4H2,(H,19,21). The maximum Gasteiger partial charge on any atom is 0.263 e. The van der Waals surface area contributed by atoms with Gasteiger partial charge in [-0.25, -0.2) is 13.4 Å². The van der Waals surface area contributed by atoms with Gasteiger partial charge in [0.2, 0.25) is 0 Å². The normalized spacial score (nSPS) is 14.5. The largest absolute Gasteiger partial charge is 0.358 e. The van der Waals surface area contributed by atoms with E-state index in [2.05, 4.69) is 14.7 Å². The third kappa shape index (κ3) is 2.76. The number of anilines is 1. The number of hydrogen-bond acceptors (Lipinski definition) is 3. The lowest BCUT2D eigenvalue weighted by atomic mass is 9.96. The van der Waals surface area contributed by atoms with Crippen molar-refractivity contribution in [2.75, 3.05) is 4.72 Å². The first-order chi connectivity index (χ1) is 11.5. The molecule has 2 heterocycles. The predicted octanol–water partition coefficient (Wildman–Crippen LogP) is 3.90. The van der Waals surface area contributed by atoms with Gasteiger partial charge in [0.25, 0.3) is 10.0 Å². The number of aromatic nitrogens is 2. The highest BCUT2D eigenvalue weighted by Crippen LogP contribution is 2.31. The Balaban J connectivity index is 1.73. The molecule has 2 aromatic heterocycles. The van der Waals surface area contributed by atoms with Gasteiger partial charge in [0.05, 0.1) is 9.92 Å². The van der Waals surface area contributed by atoms with Gasteiger partial charge < -0.3 is 4.98 Å². The topological polar surface area (TPSA) is 74.8 Å². The molecule has 5 nitrogen and oxygen atoms in total. The van der Waals surface area contributed by atoms with Gasteiger partial charge in [0.1, 0.15) is 5.82 Å². The molecule has 124 valence electrons. The molecule has 0 bridgehead atoms. The van der Waals surface area contributed by atoms with Gasteiger partial charge in [-0.1, -0.05) is 11.6 Å². The van der Waals surface area contributed by atoms with E-state index in [-0.39, 0.29) is 10.7 Å². The maximum atomic E-state index is 12.6. The summed E-state index contributed by atoms with van der Waals surface area (Å²) in [4.78, 5) is 7.63. The van der Waals surface area contributed by atoms with Crippen molar-refractivity contribution in [3.63, 3.8) is 0 Å². The summed E-state index contributed by atoms with van der Waals surface area (Å²) in [5.41, 5.74) is 3.47. The molecule has 1 aliphatic carbocycles. The van der Waals surface area contributed by atoms with Crippen molar-refractivity contribution >= 4 is 38.3 Å². The van der Waals surface area contributed by atoms with Gasteiger partial charge in [-0.2, -0.15) is 0 Å². The Morgan fingerprint density at radius 3 is 2.75 bits per heavy atom. The number of sulfonamides is 1. The van der Waals surface area contributed by atoms with E-state index in [1.807, 2.05) is 6.07 Å². The fourth-order valence-corrected chi connectivity index (χ4v) is 4.33. The number of H-pyrrole nitrogens is 1. The minimum atomic E-state index is -3.69. The van der Waals surface area contributed by atoms with E-state index >= 15 is 0 Å². The van der Waals surface area contributed by atoms with Gasteiger partial charge >= 0.3 is 0 Å². The van der Waals surface area contributed by atoms with E-state index < -0.39 is 10.0 Å². The van der Waals surface area contributed by atoms with E-state index in [9.17, 15) is 8.42 Å². The second-order valence-electron chi connectivity index (χ2n) is 5.96. The Bertz CT molecular complexity index is 1010. The SMILES string of the molecule is O=S(=O)(Nc1ccc(Cl)cn1)c1ccc2[nH]c3c(c2c1)CCCC3. The Hall–Kier alpha value is -2.05. The molecule has 0 aliphatic heterocycles. The molecule has 1 aliphatic rings. The number of rotatable bonds is 3. The fourth-order valence-electron chi connectivity index (χ4n) is 3.19. The molecule has 0 radical (unpaired) electrons. The lowest BCUT2D eigenvalue weighted by Gasteiger charge is -2.11. The molecule has 0 saturated heterocycles. The van der Waals surface area contributed by atoms with Crippen LogP contribution in [0.2, 0.25) is 5.02 Å². The van der Waals surface area contributed by atoms with E-state index in [0.717, 1.165) is 30.2 Å². The minimum absolute atomic E-state index is 0.235. The number of nitrogens with zero attached hydrogens (tertiary/aromatic N) is 1. The molecule has 24 heavy (non-hydrogen) atoms. The van der Waals surface area contributed by atoms with Crippen molar-refractivity contribution < 1.29 is 8.42 Å². The molecular weight excluding hydrogens is 346 g/mol. The molecular formula is C17H16ClN3O2S. The number of pyridine rings is 1. The van der Waals surface area contributed by atoms with E-state index in [1.54, 1.807) is 18.2 Å². The third-order valence-corrected chi connectivity index (χ3v) is 5.92. The fraction of sp³-hybridized carbons (Fsp3) is 0.235. The summed E-state index contributed by atoms with van der Waals surface area (Å²) in [6.07, 6.45) is 5.74. The second kappa shape index (κ2) is 5.79. The van der Waals surface area contributed by atoms with Crippen molar-refractivity contribution in [3.8, 4) is 0 Å². The monoisotopic (exact) mass is 361 g/mol. The maximum absolute atomic E-state index is 12.6. The predicted molar refractivity (Wildman–Crippen MR) is 95.0 cm³/mol. The highest BCUT2D eigenvalue weighted by atomic mass is 35.5. The van der Waals surface area contributed by atoms with Crippen LogP contribution in [0.1, 0.15) is 24.1 Å². The van der Waals surface area contributed by atoms with Gasteiger partial charge in [-0.3, -0.25) is 4.72 Å². The zero-order valence-corrected chi connectivity index (χ0v) is 14.4. The molecule has 7 heteroatoms. The molecule has 2 N–H and O–H groups in total. The molecule has 3 aromatic rings. The quantitative estimate of drug-likeness (QED) is 0.743. The minimum Gasteiger partial charge on any atom is -0.358 e. The van der Waals surface area contributed by atoms with Crippen LogP contribution in [0.3, 0.4) is 0 Å². The Morgan fingerprint density at radius 2 is 1.96 bits per heavy atom. The average Bonchev–Trinajstić information content (AvgIpc) is 2.94. The summed E-state index contributed by atoms with van der Waals surface area (Å²) in [6, 6.07) is 8.32. The van der Waals surface area contributed by atoms with Crippen LogP contribution >= 0.6 is 11.6 Å². The van der Waals surface area contributed by atoms with Crippen molar-refractivity contribution in [2.24, 2.45) is 0 Å². The van der Waals surface area contributed by atoms with Crippen molar-refractivity contribution in [1.29, 1.82) is 0 Å². The number of aromatic amines is 1. The number of fused-ring (bicyclic) bond motifs is 3. The summed E-state index contributed by atoms with van der Waals surface area (Å²) < 4.78 is 27.7. The van der Waals surface area contributed by atoms with Crippen LogP contribution in [0.5, 0.6) is 0 Å². The van der Waals surface area contributed by atoms with Crippen molar-refractivity contribution in [2.45, 2.75) is 30.6 Å². The highest BCUT2D eigenvalue weighted by Gasteiger charge is 2.20. The molecule has 0 fully saturated rings. The van der Waals surface area contributed by atoms with Gasteiger partial charge in [0.15, 0.2) is 0 Å². The third-order valence-electron chi connectivity index (χ3n) is 4.35. The zero-order valence-electron chi connectivity index (χ0n) is 12.8. The Labute approximate surface area is 145 Å². The van der Waals surface area contributed by atoms with E-state index in [1.165, 1.54) is 29.9 Å². The first-order valence-corrected chi connectivity index (χ1v) is 9.67. The first-order valence-electron chi connectivity index (χ1n) is 7.81. The number of nitrogens with one attached hydrogen (secondary N) is 2. The lowest BCUT2D eigenvalue weighted by molar-refractivity contribution is 0.601. The van der Waals surface area contributed by atoms with Crippen LogP contribution in [-0.2, 0) is 22.9 Å². The van der Waals surface area contributed by atoms with Crippen molar-refractivity contribution in [1.82, 2.24) is 9.97 Å². The molecule has 0 amide bonds. The summed E-state index contributed by atoms with van der Waals surface area (Å²) in [5, 5.41) is 1.45. The summed E-state index contributed by atoms with van der Waals surface area (Å²) in [5.74, 6) is 0.246. The summed E-state index contributed by atoms with van der Waals surface area (Å²) in [6.45, 7) is 0. The molecule has 1 aromatic carbocycles. The van der Waals surface area contributed by atoms with Crippen LogP contribution < -0.4 is 4.72 Å². The first kappa shape index (κ1) is 15.5. The number of aryl methyl sites for hydroxylation is 2. The van der Waals surface area contributed by atoms with Crippen LogP contribution in [0.15, 0.2) is 41.4 Å². The van der Waals surface area contributed by atoms with E-state index in [0.29, 0.717) is 5.02 Å². The lowest BCUT2D eigenvalue weighted by Crippen LogP contribution is -2.13. The van der Waals surface area contributed by atoms with Crippen LogP contribution in [0.25, 0.3) is 10.9 Å². The van der Waals surface area contributed by atoms with Gasteiger partial charge in [-0.15, -0.1) is 0 Å². The van der Waals surface area contributed by atoms with Gasteiger partial charge in [0, 0.05) is 22.8 Å². The van der Waals surface area contributed by atoms with Crippen LogP contribution in [-0.4, -0.2) is 18.4 Å². The summed E-state index contributed by atoms with van der Waals surface area (Å²) in [7, 11) is -3.69. The number of hydrogen-bond donors (Lipinski definition) is 2. The van der Waals surface area contributed by atoms with E-state index in [4.69, 9.17) is 11.6 Å². The van der Waals surface area contributed by atoms with Crippen LogP contribution in [0, 0.1) is 0 Å². The zero-order chi connectivity index (χ0) is 16.7. The highest BCUT2D eigenvalue weighted by molar-refractivity contribution is 7.92. The Morgan fingerprint density at radius 1 is 1.12 bits per heavy atom. The average molecular weight is 362 g/mol. The molecule has 0 saturated carbocycles. The number of benzene rings is 1. The van der Waals surface area contributed by atoms with Crippen molar-refractivity contribution in [3.05, 3.63) is 52.8 Å². The molecule has 0 unspecified atom stereocenters. The molecule has 4 rings (SSSR count). The van der Waals surface area contributed by atoms with Crippen LogP contribution in [0.4, 0.5) is 5.82 Å².